The van der Waals surface area contributed by atoms with Gasteiger partial charge in [-0.1, -0.05) is 12.1 Å². The third-order valence-corrected chi connectivity index (χ3v) is 6.89. The van der Waals surface area contributed by atoms with Gasteiger partial charge in [0.25, 0.3) is 0 Å². The highest BCUT2D eigenvalue weighted by Gasteiger charge is 2.48. The quantitative estimate of drug-likeness (QED) is 0.185. The number of hydrogen-bond acceptors (Lipinski definition) is 6. The Morgan fingerprint density at radius 3 is 1.26 bits per heavy atom. The van der Waals surface area contributed by atoms with Gasteiger partial charge in [0.2, 0.25) is 11.6 Å². The monoisotopic (exact) mass is 588 g/mol. The molecule has 0 aliphatic carbocycles. The van der Waals surface area contributed by atoms with Crippen molar-refractivity contribution in [3.8, 4) is 0 Å². The largest absolute Gasteiger partial charge is 0.518 e. The maximum Gasteiger partial charge on any atom is 0.518 e. The van der Waals surface area contributed by atoms with Gasteiger partial charge in [0.15, 0.2) is 23.8 Å². The van der Waals surface area contributed by atoms with E-state index in [0.29, 0.717) is 0 Å². The van der Waals surface area contributed by atoms with E-state index in [4.69, 9.17) is 0 Å². The second kappa shape index (κ2) is 11.1. The zero-order valence-corrected chi connectivity index (χ0v) is 21.0. The molecule has 0 saturated heterocycles. The van der Waals surface area contributed by atoms with Crippen LogP contribution in [0.3, 0.4) is 0 Å². The maximum atomic E-state index is 13.0. The molecule has 0 atom stereocenters. The Hall–Kier alpha value is -3.54. The average Bonchev–Trinajstić information content (AvgIpc) is 2.78. The van der Waals surface area contributed by atoms with Crippen molar-refractivity contribution in [1.82, 2.24) is 0 Å². The molecule has 0 bridgehead atoms. The third-order valence-electron chi connectivity index (χ3n) is 4.80. The van der Waals surface area contributed by atoms with Crippen molar-refractivity contribution >= 4 is 43.0 Å². The predicted molar refractivity (Wildman–Crippen MR) is 117 cm³/mol. The minimum absolute atomic E-state index is 0.0272. The van der Waals surface area contributed by atoms with Gasteiger partial charge in [-0.15, -0.1) is 0 Å². The van der Waals surface area contributed by atoms with Gasteiger partial charge < -0.3 is 0 Å². The number of aromatic nitrogens is 2. The number of pyridine rings is 2. The van der Waals surface area contributed by atoms with E-state index in [0.717, 1.165) is 0 Å². The van der Waals surface area contributed by atoms with E-state index in [9.17, 15) is 52.8 Å². The van der Waals surface area contributed by atoms with E-state index in [1.165, 1.54) is 72.0 Å². The summed E-state index contributed by atoms with van der Waals surface area (Å²) in [5, 5.41) is 0. The first-order valence-electron chi connectivity index (χ1n) is 10.0. The zero-order valence-electron chi connectivity index (χ0n) is 19.4. The molecule has 10 nitrogen and oxygen atoms in total. The number of carbonyl (C=O) groups excluding carboxylic acids is 2. The molecule has 2 aromatic rings. The number of alkyl halides is 6. The molecule has 0 fully saturated rings. The van der Waals surface area contributed by atoms with Crippen LogP contribution in [0.1, 0.15) is 11.4 Å². The topological polar surface area (TPSA) is 135 Å². The lowest BCUT2D eigenvalue weighted by atomic mass is 10.0. The van der Waals surface area contributed by atoms with Crippen LogP contribution in [-0.2, 0) is 56.6 Å². The molecule has 0 amide bonds. The first kappa shape index (κ1) is 30.7. The summed E-state index contributed by atoms with van der Waals surface area (Å²) in [5.41, 5.74) is -15.1. The number of rotatable bonds is 9. The van der Waals surface area contributed by atoms with Crippen LogP contribution in [0.2, 0.25) is 0 Å². The standard InChI is InChI=1S/C20H18F6N4O6S2/c1-29-9-5-3-7-13(29)11-15(27-37(33,34)19(21,22)23)17(31)18(32)16(28-38(35,36)20(24,25)26)12-14-8-4-6-10-30(14)2/h3-10H,11-12H2,1-2H3/q+2. The molecule has 18 heteroatoms. The molecule has 0 spiro atoms. The lowest BCUT2D eigenvalue weighted by Gasteiger charge is -2.09. The Kier molecular flexibility index (Phi) is 8.93. The fourth-order valence-electron chi connectivity index (χ4n) is 2.79. The molecular formula is C20H18F6N4O6S2+2. The zero-order chi connectivity index (χ0) is 29.1. The van der Waals surface area contributed by atoms with Crippen LogP contribution in [0.15, 0.2) is 57.6 Å². The molecule has 2 heterocycles. The average molecular weight is 589 g/mol. The smallest absolute Gasteiger partial charge is 0.283 e. The van der Waals surface area contributed by atoms with Crippen LogP contribution in [0.25, 0.3) is 0 Å². The normalized spacial score (nSPS) is 13.9. The SMILES string of the molecule is C[n+]1ccccc1CC(=NS(=O)(=O)C(F)(F)F)C(=O)C(=O)C(Cc1cccc[n+]1C)=NS(=O)(=O)C(F)(F)F. The van der Waals surface area contributed by atoms with E-state index in [2.05, 4.69) is 8.80 Å². The van der Waals surface area contributed by atoms with Crippen LogP contribution in [0.5, 0.6) is 0 Å². The Labute approximate surface area is 212 Å². The fourth-order valence-corrected chi connectivity index (χ4v) is 3.87. The fraction of sp³-hybridized carbons (Fsp3) is 0.300. The Bertz CT molecular complexity index is 1420. The van der Waals surface area contributed by atoms with Crippen LogP contribution in [0.4, 0.5) is 26.3 Å². The van der Waals surface area contributed by atoms with Gasteiger partial charge in [-0.3, -0.25) is 9.59 Å². The number of Topliss-reactive ketones (excluding diaryl/α,β-unsaturated/α-hetero) is 2. The summed E-state index contributed by atoms with van der Waals surface area (Å²) in [6.45, 7) is 0. The molecule has 0 unspecified atom stereocenters. The van der Waals surface area contributed by atoms with Crippen molar-refractivity contribution in [2.75, 3.05) is 0 Å². The Morgan fingerprint density at radius 1 is 0.684 bits per heavy atom. The molecule has 2 aromatic heterocycles. The van der Waals surface area contributed by atoms with E-state index < -0.39 is 66.9 Å². The van der Waals surface area contributed by atoms with E-state index >= 15 is 0 Å². The minimum atomic E-state index is -6.39. The number of hydrogen-bond donors (Lipinski definition) is 0. The summed E-state index contributed by atoms with van der Waals surface area (Å²) < 4.78 is 132. The number of sulfonamides is 2. The highest BCUT2D eigenvalue weighted by atomic mass is 32.2. The van der Waals surface area contributed by atoms with E-state index in [1.54, 1.807) is 0 Å². The summed E-state index contributed by atoms with van der Waals surface area (Å²) in [5.74, 6) is -4.20. The maximum absolute atomic E-state index is 13.0. The summed E-state index contributed by atoms with van der Waals surface area (Å²) in [6, 6.07) is 8.12. The molecule has 0 radical (unpaired) electrons. The van der Waals surface area contributed by atoms with Gasteiger partial charge >= 0.3 is 31.1 Å². The first-order chi connectivity index (χ1) is 17.3. The van der Waals surface area contributed by atoms with Crippen LogP contribution in [0, 0.1) is 0 Å². The molecule has 0 aliphatic heterocycles. The van der Waals surface area contributed by atoms with Crippen LogP contribution >= 0.6 is 0 Å². The van der Waals surface area contributed by atoms with Gasteiger partial charge in [-0.2, -0.15) is 52.0 Å². The molecular weight excluding hydrogens is 570 g/mol. The van der Waals surface area contributed by atoms with Crippen molar-refractivity contribution in [3.05, 3.63) is 60.2 Å². The van der Waals surface area contributed by atoms with Crippen molar-refractivity contribution < 1.29 is 61.9 Å². The van der Waals surface area contributed by atoms with E-state index in [1.807, 2.05) is 0 Å². The Balaban J connectivity index is 2.72. The summed E-state index contributed by atoms with van der Waals surface area (Å²) >= 11 is 0. The van der Waals surface area contributed by atoms with Crippen molar-refractivity contribution in [1.29, 1.82) is 0 Å². The van der Waals surface area contributed by atoms with Gasteiger partial charge in [0, 0.05) is 24.3 Å². The van der Waals surface area contributed by atoms with Crippen LogP contribution < -0.4 is 9.13 Å². The lowest BCUT2D eigenvalue weighted by Crippen LogP contribution is -2.41. The number of carbonyl (C=O) groups is 2. The lowest BCUT2D eigenvalue weighted by molar-refractivity contribution is -0.678. The molecule has 0 saturated carbocycles. The van der Waals surface area contributed by atoms with Crippen LogP contribution in [-0.4, -0.2) is 50.8 Å². The minimum Gasteiger partial charge on any atom is -0.283 e. The van der Waals surface area contributed by atoms with Crippen molar-refractivity contribution in [3.63, 3.8) is 0 Å². The van der Waals surface area contributed by atoms with Gasteiger partial charge in [-0.25, -0.2) is 9.13 Å². The molecule has 0 N–H and O–H groups in total. The van der Waals surface area contributed by atoms with Gasteiger partial charge in [0.05, 0.1) is 12.8 Å². The summed E-state index contributed by atoms with van der Waals surface area (Å²) in [4.78, 5) is 25.9. The highest BCUT2D eigenvalue weighted by Crippen LogP contribution is 2.26. The number of ketones is 2. The second-order valence-electron chi connectivity index (χ2n) is 7.54. The predicted octanol–water partition coefficient (Wildman–Crippen LogP) is 0.840. The highest BCUT2D eigenvalue weighted by molar-refractivity contribution is 7.91. The Morgan fingerprint density at radius 2 is 1.00 bits per heavy atom. The van der Waals surface area contributed by atoms with Crippen molar-refractivity contribution in [2.24, 2.45) is 22.9 Å². The molecule has 206 valence electrons. The van der Waals surface area contributed by atoms with E-state index in [-0.39, 0.29) is 11.4 Å². The number of aryl methyl sites for hydroxylation is 2. The van der Waals surface area contributed by atoms with Crippen molar-refractivity contribution in [2.45, 2.75) is 23.9 Å². The third kappa shape index (κ3) is 7.27. The second-order valence-corrected chi connectivity index (χ2v) is 10.7. The molecule has 0 aromatic carbocycles. The first-order valence-corrected chi connectivity index (χ1v) is 12.9. The number of halogens is 6. The number of nitrogens with zero attached hydrogens (tertiary/aromatic N) is 4. The van der Waals surface area contributed by atoms with Gasteiger partial charge in [0.1, 0.15) is 25.5 Å². The summed E-state index contributed by atoms with van der Waals surface area (Å²) in [7, 11) is -10.1. The molecule has 2 rings (SSSR count). The molecule has 38 heavy (non-hydrogen) atoms. The molecule has 0 aliphatic rings. The summed E-state index contributed by atoms with van der Waals surface area (Å²) in [6.07, 6.45) is 0.733. The van der Waals surface area contributed by atoms with Gasteiger partial charge in [-0.05, 0) is 0 Å².